The van der Waals surface area contributed by atoms with Crippen LogP contribution in [0.2, 0.25) is 0 Å². The van der Waals surface area contributed by atoms with Crippen LogP contribution in [0.3, 0.4) is 0 Å². The largest absolute Gasteiger partial charge is 0.384 e. The predicted octanol–water partition coefficient (Wildman–Crippen LogP) is 3.69. The second kappa shape index (κ2) is 14.3. The number of carbonyl (C=O) groups is 3. The van der Waals surface area contributed by atoms with Crippen molar-refractivity contribution in [2.24, 2.45) is 11.7 Å². The van der Waals surface area contributed by atoms with Crippen LogP contribution in [0.15, 0.2) is 84.9 Å². The number of nitrogens with two attached hydrogens (primary N) is 1. The van der Waals surface area contributed by atoms with Crippen molar-refractivity contribution >= 4 is 23.6 Å². The molecule has 0 unspecified atom stereocenters. The highest BCUT2D eigenvalue weighted by Gasteiger charge is 2.50. The zero-order chi connectivity index (χ0) is 31.1. The summed E-state index contributed by atoms with van der Waals surface area (Å²) in [4.78, 5) is 42.2. The summed E-state index contributed by atoms with van der Waals surface area (Å²) in [5, 5.41) is 13.5. The standard InChI is InChI=1S/C35H41N5O4/c1-23(41)39-30(18-24-8-4-2-5-9-24)35(43)40-31-20-29(44-22-26-10-6-3-7-11-26)17-16-28(31)19-32(40)34(42)38-21-25-12-14-27(15-13-25)33(36)37/h2-15,28-32H,16-22H2,1H3,(H3,36,37)(H,38,42)(H,39,41)/t28-,29+,30+,31-,32-/m0/s1. The van der Waals surface area contributed by atoms with E-state index in [1.165, 1.54) is 6.92 Å². The lowest BCUT2D eigenvalue weighted by Crippen LogP contribution is -2.57. The Labute approximate surface area is 258 Å². The average Bonchev–Trinajstić information content (AvgIpc) is 3.42. The molecule has 1 heterocycles. The summed E-state index contributed by atoms with van der Waals surface area (Å²) in [6.45, 7) is 2.19. The van der Waals surface area contributed by atoms with Gasteiger partial charge < -0.3 is 26.0 Å². The van der Waals surface area contributed by atoms with E-state index in [9.17, 15) is 14.4 Å². The second-order valence-electron chi connectivity index (χ2n) is 11.8. The molecule has 9 nitrogen and oxygen atoms in total. The molecular formula is C35H41N5O4. The fraction of sp³-hybridized carbons (Fsp3) is 0.371. The number of fused-ring (bicyclic) bond motifs is 1. The fourth-order valence-corrected chi connectivity index (χ4v) is 6.49. The van der Waals surface area contributed by atoms with Crippen molar-refractivity contribution in [2.75, 3.05) is 0 Å². The van der Waals surface area contributed by atoms with Gasteiger partial charge in [-0.05, 0) is 48.3 Å². The van der Waals surface area contributed by atoms with E-state index in [1.54, 1.807) is 17.0 Å². The van der Waals surface area contributed by atoms with Crippen LogP contribution in [0.25, 0.3) is 0 Å². The molecule has 5 atom stereocenters. The minimum Gasteiger partial charge on any atom is -0.384 e. The van der Waals surface area contributed by atoms with Crippen molar-refractivity contribution in [1.29, 1.82) is 5.41 Å². The molecule has 230 valence electrons. The monoisotopic (exact) mass is 595 g/mol. The number of ether oxygens (including phenoxy) is 1. The van der Waals surface area contributed by atoms with Gasteiger partial charge in [0.2, 0.25) is 17.7 Å². The van der Waals surface area contributed by atoms with Crippen molar-refractivity contribution in [3.8, 4) is 0 Å². The summed E-state index contributed by atoms with van der Waals surface area (Å²) in [5.74, 6) is -0.607. The summed E-state index contributed by atoms with van der Waals surface area (Å²) in [7, 11) is 0. The van der Waals surface area contributed by atoms with Gasteiger partial charge in [0, 0.05) is 31.5 Å². The minimum absolute atomic E-state index is 0.0152. The Morgan fingerprint density at radius 2 is 1.57 bits per heavy atom. The molecule has 1 saturated carbocycles. The van der Waals surface area contributed by atoms with Crippen LogP contribution in [0, 0.1) is 11.3 Å². The van der Waals surface area contributed by atoms with Crippen LogP contribution >= 0.6 is 0 Å². The van der Waals surface area contributed by atoms with E-state index in [2.05, 4.69) is 10.6 Å². The average molecular weight is 596 g/mol. The van der Waals surface area contributed by atoms with E-state index in [0.717, 1.165) is 29.5 Å². The van der Waals surface area contributed by atoms with Crippen molar-refractivity contribution < 1.29 is 19.1 Å². The number of nitrogens with one attached hydrogen (secondary N) is 3. The molecule has 3 aromatic carbocycles. The first kappa shape index (κ1) is 30.9. The Kier molecular flexibility index (Phi) is 10.1. The number of amides is 3. The van der Waals surface area contributed by atoms with E-state index in [1.807, 2.05) is 72.8 Å². The van der Waals surface area contributed by atoms with Crippen molar-refractivity contribution in [3.05, 3.63) is 107 Å². The molecule has 0 radical (unpaired) electrons. The van der Waals surface area contributed by atoms with Gasteiger partial charge in [0.1, 0.15) is 17.9 Å². The molecule has 44 heavy (non-hydrogen) atoms. The molecule has 1 aliphatic carbocycles. The molecule has 0 aromatic heterocycles. The maximum absolute atomic E-state index is 14.4. The summed E-state index contributed by atoms with van der Waals surface area (Å²) in [6, 6.07) is 25.2. The third kappa shape index (κ3) is 7.71. The summed E-state index contributed by atoms with van der Waals surface area (Å²) in [5.41, 5.74) is 9.08. The summed E-state index contributed by atoms with van der Waals surface area (Å²) < 4.78 is 6.32. The summed E-state index contributed by atoms with van der Waals surface area (Å²) in [6.07, 6.45) is 3.21. The lowest BCUT2D eigenvalue weighted by atomic mass is 9.83. The van der Waals surface area contributed by atoms with Gasteiger partial charge in [-0.1, -0.05) is 84.9 Å². The Balaban J connectivity index is 1.35. The van der Waals surface area contributed by atoms with Crippen LogP contribution in [-0.2, 0) is 38.7 Å². The molecule has 0 bridgehead atoms. The van der Waals surface area contributed by atoms with Gasteiger partial charge in [0.25, 0.3) is 0 Å². The number of hydrogen-bond donors (Lipinski definition) is 4. The smallest absolute Gasteiger partial charge is 0.246 e. The first-order chi connectivity index (χ1) is 21.3. The van der Waals surface area contributed by atoms with Gasteiger partial charge in [0.15, 0.2) is 0 Å². The van der Waals surface area contributed by atoms with Gasteiger partial charge >= 0.3 is 0 Å². The number of nitrogens with zero attached hydrogens (tertiary/aromatic N) is 1. The number of carbonyl (C=O) groups excluding carboxylic acids is 3. The number of amidine groups is 1. The quantitative estimate of drug-likeness (QED) is 0.198. The molecule has 3 aromatic rings. The van der Waals surface area contributed by atoms with Crippen LogP contribution in [0.4, 0.5) is 0 Å². The molecule has 5 rings (SSSR count). The number of benzene rings is 3. The SMILES string of the molecule is CC(=O)N[C@H](Cc1ccccc1)C(=O)N1[C@H](C(=O)NCc2ccc(C(=N)N)cc2)C[C@@H]2CC[C@@H](OCc3ccccc3)C[C@@H]21. The number of rotatable bonds is 11. The zero-order valence-electron chi connectivity index (χ0n) is 25.1. The molecule has 1 saturated heterocycles. The number of likely N-dealkylation sites (tertiary alicyclic amines) is 1. The van der Waals surface area contributed by atoms with Crippen LogP contribution in [0.5, 0.6) is 0 Å². The molecule has 1 aliphatic heterocycles. The van der Waals surface area contributed by atoms with E-state index in [4.69, 9.17) is 15.9 Å². The van der Waals surface area contributed by atoms with Gasteiger partial charge in [-0.3, -0.25) is 19.8 Å². The lowest BCUT2D eigenvalue weighted by Gasteiger charge is -2.38. The Hall–Kier alpha value is -4.50. The highest BCUT2D eigenvalue weighted by atomic mass is 16.5. The zero-order valence-corrected chi connectivity index (χ0v) is 25.1. The number of nitrogen functional groups attached to an aromatic ring is 1. The van der Waals surface area contributed by atoms with Gasteiger partial charge in [0.05, 0.1) is 12.7 Å². The van der Waals surface area contributed by atoms with Crippen LogP contribution in [-0.4, -0.2) is 52.7 Å². The Morgan fingerprint density at radius 1 is 0.909 bits per heavy atom. The minimum atomic E-state index is -0.798. The van der Waals surface area contributed by atoms with Crippen molar-refractivity contribution in [1.82, 2.24) is 15.5 Å². The van der Waals surface area contributed by atoms with Gasteiger partial charge in [-0.15, -0.1) is 0 Å². The first-order valence-corrected chi connectivity index (χ1v) is 15.3. The lowest BCUT2D eigenvalue weighted by molar-refractivity contribution is -0.144. The molecule has 3 amide bonds. The summed E-state index contributed by atoms with van der Waals surface area (Å²) >= 11 is 0. The van der Waals surface area contributed by atoms with E-state index in [-0.39, 0.29) is 48.2 Å². The molecule has 2 fully saturated rings. The molecule has 0 spiro atoms. The number of hydrogen-bond acceptors (Lipinski definition) is 5. The molecule has 5 N–H and O–H groups in total. The van der Waals surface area contributed by atoms with Crippen LogP contribution < -0.4 is 16.4 Å². The van der Waals surface area contributed by atoms with E-state index in [0.29, 0.717) is 31.4 Å². The van der Waals surface area contributed by atoms with Crippen LogP contribution in [0.1, 0.15) is 54.9 Å². The third-order valence-electron chi connectivity index (χ3n) is 8.70. The first-order valence-electron chi connectivity index (χ1n) is 15.3. The normalized spacial score (nSPS) is 21.6. The molecule has 2 aliphatic rings. The van der Waals surface area contributed by atoms with Gasteiger partial charge in [-0.2, -0.15) is 0 Å². The molecule has 9 heteroatoms. The second-order valence-corrected chi connectivity index (χ2v) is 11.8. The maximum atomic E-state index is 14.4. The topological polar surface area (TPSA) is 138 Å². The van der Waals surface area contributed by atoms with Crippen molar-refractivity contribution in [3.63, 3.8) is 0 Å². The highest BCUT2D eigenvalue weighted by Crippen LogP contribution is 2.41. The van der Waals surface area contributed by atoms with E-state index >= 15 is 0 Å². The Bertz CT molecular complexity index is 1450. The Morgan fingerprint density at radius 3 is 2.20 bits per heavy atom. The van der Waals surface area contributed by atoms with Crippen molar-refractivity contribution in [2.45, 2.75) is 76.4 Å². The predicted molar refractivity (Wildman–Crippen MR) is 168 cm³/mol. The third-order valence-corrected chi connectivity index (χ3v) is 8.70. The maximum Gasteiger partial charge on any atom is 0.246 e. The fourth-order valence-electron chi connectivity index (χ4n) is 6.49. The van der Waals surface area contributed by atoms with E-state index < -0.39 is 12.1 Å². The van der Waals surface area contributed by atoms with Gasteiger partial charge in [-0.25, -0.2) is 0 Å². The highest BCUT2D eigenvalue weighted by molar-refractivity contribution is 5.95. The molecular weight excluding hydrogens is 554 g/mol.